The van der Waals surface area contributed by atoms with Crippen molar-refractivity contribution in [2.24, 2.45) is 5.92 Å². The van der Waals surface area contributed by atoms with Crippen molar-refractivity contribution in [3.8, 4) is 0 Å². The lowest BCUT2D eigenvalue weighted by atomic mass is 9.97. The van der Waals surface area contributed by atoms with Crippen LogP contribution in [0.15, 0.2) is 0 Å². The van der Waals surface area contributed by atoms with E-state index < -0.39 is 11.5 Å². The van der Waals surface area contributed by atoms with Crippen LogP contribution in [0.25, 0.3) is 0 Å². The molecule has 0 aromatic carbocycles. The molecule has 92 valence electrons. The predicted octanol–water partition coefficient (Wildman–Crippen LogP) is -0.798. The van der Waals surface area contributed by atoms with Gasteiger partial charge >= 0.3 is 5.97 Å². The highest BCUT2D eigenvalue weighted by Gasteiger charge is 2.44. The predicted molar refractivity (Wildman–Crippen MR) is 57.0 cm³/mol. The zero-order chi connectivity index (χ0) is 12.2. The maximum Gasteiger partial charge on any atom is 0.331 e. The van der Waals surface area contributed by atoms with Crippen LogP contribution in [-0.2, 0) is 14.3 Å². The minimum absolute atomic E-state index is 0.0420. The van der Waals surface area contributed by atoms with Gasteiger partial charge in [0.15, 0.2) is 5.54 Å². The van der Waals surface area contributed by atoms with Crippen molar-refractivity contribution in [2.45, 2.75) is 18.9 Å². The Morgan fingerprint density at radius 1 is 1.56 bits per heavy atom. The van der Waals surface area contributed by atoms with Crippen LogP contribution in [-0.4, -0.2) is 49.3 Å². The summed E-state index contributed by atoms with van der Waals surface area (Å²) in [6.07, 6.45) is 0.320. The zero-order valence-corrected chi connectivity index (χ0v) is 9.58. The number of aliphatic carboxylic acids is 1. The molecule has 3 N–H and O–H groups in total. The SMILES string of the molecule is CNCC(C)C(=O)NC1(C(=O)O)CCOC1. The molecule has 1 rings (SSSR count). The molecular formula is C10H18N2O4. The first kappa shape index (κ1) is 12.9. The molecule has 0 aliphatic carbocycles. The molecule has 2 unspecified atom stereocenters. The highest BCUT2D eigenvalue weighted by molar-refractivity contribution is 5.88. The highest BCUT2D eigenvalue weighted by Crippen LogP contribution is 2.19. The van der Waals surface area contributed by atoms with E-state index in [1.807, 2.05) is 0 Å². The number of carboxylic acid groups (broad SMARTS) is 1. The second kappa shape index (κ2) is 5.27. The number of nitrogens with one attached hydrogen (secondary N) is 2. The fraction of sp³-hybridized carbons (Fsp3) is 0.800. The summed E-state index contributed by atoms with van der Waals surface area (Å²) in [4.78, 5) is 22.9. The van der Waals surface area contributed by atoms with E-state index in [1.54, 1.807) is 14.0 Å². The van der Waals surface area contributed by atoms with Gasteiger partial charge in [-0.25, -0.2) is 4.79 Å². The van der Waals surface area contributed by atoms with Crippen molar-refractivity contribution >= 4 is 11.9 Å². The number of hydrogen-bond donors (Lipinski definition) is 3. The molecule has 0 spiro atoms. The minimum atomic E-state index is -1.24. The van der Waals surface area contributed by atoms with Crippen LogP contribution in [0.2, 0.25) is 0 Å². The fourth-order valence-electron chi connectivity index (χ4n) is 1.64. The van der Waals surface area contributed by atoms with E-state index in [2.05, 4.69) is 10.6 Å². The number of rotatable bonds is 5. The second-order valence-corrected chi connectivity index (χ2v) is 4.14. The van der Waals surface area contributed by atoms with Gasteiger partial charge in [-0.05, 0) is 7.05 Å². The van der Waals surface area contributed by atoms with Crippen LogP contribution < -0.4 is 10.6 Å². The molecule has 0 saturated carbocycles. The Kier molecular flexibility index (Phi) is 4.26. The average molecular weight is 230 g/mol. The Hall–Kier alpha value is -1.14. The third-order valence-corrected chi connectivity index (χ3v) is 2.75. The smallest absolute Gasteiger partial charge is 0.331 e. The summed E-state index contributed by atoms with van der Waals surface area (Å²) < 4.78 is 5.05. The Bertz CT molecular complexity index is 274. The Morgan fingerprint density at radius 2 is 2.25 bits per heavy atom. The monoisotopic (exact) mass is 230 g/mol. The topological polar surface area (TPSA) is 87.7 Å². The van der Waals surface area contributed by atoms with Gasteiger partial charge in [-0.2, -0.15) is 0 Å². The Labute approximate surface area is 94.3 Å². The molecular weight excluding hydrogens is 212 g/mol. The summed E-state index contributed by atoms with van der Waals surface area (Å²) in [5, 5.41) is 14.6. The lowest BCUT2D eigenvalue weighted by molar-refractivity contribution is -0.148. The minimum Gasteiger partial charge on any atom is -0.479 e. The highest BCUT2D eigenvalue weighted by atomic mass is 16.5. The normalized spacial score (nSPS) is 26.4. The summed E-state index contributed by atoms with van der Waals surface area (Å²) in [6.45, 7) is 2.67. The molecule has 1 amide bonds. The molecule has 1 fully saturated rings. The van der Waals surface area contributed by atoms with Gasteiger partial charge in [0.2, 0.25) is 5.91 Å². The van der Waals surface area contributed by atoms with E-state index >= 15 is 0 Å². The molecule has 0 radical (unpaired) electrons. The first-order chi connectivity index (χ1) is 7.52. The third kappa shape index (κ3) is 2.70. The number of hydrogen-bond acceptors (Lipinski definition) is 4. The lowest BCUT2D eigenvalue weighted by Gasteiger charge is -2.25. The summed E-state index contributed by atoms with van der Waals surface area (Å²) in [5.41, 5.74) is -1.24. The number of carboxylic acids is 1. The van der Waals surface area contributed by atoms with Gasteiger partial charge in [-0.3, -0.25) is 4.79 Å². The van der Waals surface area contributed by atoms with Gasteiger partial charge < -0.3 is 20.5 Å². The quantitative estimate of drug-likeness (QED) is 0.575. The Morgan fingerprint density at radius 3 is 2.69 bits per heavy atom. The van der Waals surface area contributed by atoms with Crippen molar-refractivity contribution in [3.63, 3.8) is 0 Å². The van der Waals surface area contributed by atoms with Crippen molar-refractivity contribution in [1.29, 1.82) is 0 Å². The molecule has 16 heavy (non-hydrogen) atoms. The van der Waals surface area contributed by atoms with Crippen LogP contribution in [0.5, 0.6) is 0 Å². The molecule has 2 atom stereocenters. The van der Waals surface area contributed by atoms with Gasteiger partial charge in [0.1, 0.15) is 0 Å². The summed E-state index contributed by atoms with van der Waals surface area (Å²) in [6, 6.07) is 0. The van der Waals surface area contributed by atoms with Crippen LogP contribution in [0.3, 0.4) is 0 Å². The lowest BCUT2D eigenvalue weighted by Crippen LogP contribution is -2.56. The second-order valence-electron chi connectivity index (χ2n) is 4.14. The molecule has 1 aliphatic heterocycles. The zero-order valence-electron chi connectivity index (χ0n) is 9.58. The van der Waals surface area contributed by atoms with E-state index in [4.69, 9.17) is 9.84 Å². The molecule has 6 heteroatoms. The van der Waals surface area contributed by atoms with Crippen LogP contribution in [0, 0.1) is 5.92 Å². The molecule has 1 aliphatic rings. The molecule has 0 aromatic heterocycles. The Balaban J connectivity index is 2.62. The first-order valence-electron chi connectivity index (χ1n) is 5.29. The number of carbonyl (C=O) groups is 2. The van der Waals surface area contributed by atoms with Crippen LogP contribution in [0.4, 0.5) is 0 Å². The molecule has 1 heterocycles. The van der Waals surface area contributed by atoms with Crippen LogP contribution >= 0.6 is 0 Å². The van der Waals surface area contributed by atoms with Crippen molar-refractivity contribution in [1.82, 2.24) is 10.6 Å². The van der Waals surface area contributed by atoms with Gasteiger partial charge in [-0.1, -0.05) is 6.92 Å². The van der Waals surface area contributed by atoms with Gasteiger partial charge in [0.25, 0.3) is 0 Å². The van der Waals surface area contributed by atoms with Gasteiger partial charge in [-0.15, -0.1) is 0 Å². The standard InChI is InChI=1S/C10H18N2O4/c1-7(5-11-2)8(13)12-10(9(14)15)3-4-16-6-10/h7,11H,3-6H2,1-2H3,(H,12,13)(H,14,15). The molecule has 0 bridgehead atoms. The molecule has 0 aromatic rings. The van der Waals surface area contributed by atoms with Gasteiger partial charge in [0, 0.05) is 25.5 Å². The summed E-state index contributed by atoms with van der Waals surface area (Å²) in [5.74, 6) is -1.56. The van der Waals surface area contributed by atoms with Crippen molar-refractivity contribution in [3.05, 3.63) is 0 Å². The first-order valence-corrected chi connectivity index (χ1v) is 5.29. The maximum atomic E-state index is 11.7. The number of amides is 1. The van der Waals surface area contributed by atoms with E-state index in [9.17, 15) is 9.59 Å². The third-order valence-electron chi connectivity index (χ3n) is 2.75. The van der Waals surface area contributed by atoms with Crippen LogP contribution in [0.1, 0.15) is 13.3 Å². The molecule has 1 saturated heterocycles. The summed E-state index contributed by atoms with van der Waals surface area (Å²) >= 11 is 0. The average Bonchev–Trinajstić information content (AvgIpc) is 2.68. The molecule has 6 nitrogen and oxygen atoms in total. The van der Waals surface area contributed by atoms with Crippen molar-refractivity contribution < 1.29 is 19.4 Å². The number of carbonyl (C=O) groups excluding carboxylic acids is 1. The fourth-order valence-corrected chi connectivity index (χ4v) is 1.64. The van der Waals surface area contributed by atoms with E-state index in [-0.39, 0.29) is 18.4 Å². The van der Waals surface area contributed by atoms with E-state index in [0.717, 1.165) is 0 Å². The summed E-state index contributed by atoms with van der Waals surface area (Å²) in [7, 11) is 1.75. The van der Waals surface area contributed by atoms with E-state index in [0.29, 0.717) is 19.6 Å². The van der Waals surface area contributed by atoms with E-state index in [1.165, 1.54) is 0 Å². The number of ether oxygens (including phenoxy) is 1. The largest absolute Gasteiger partial charge is 0.479 e. The van der Waals surface area contributed by atoms with Crippen molar-refractivity contribution in [2.75, 3.05) is 26.8 Å². The maximum absolute atomic E-state index is 11.7. The van der Waals surface area contributed by atoms with Gasteiger partial charge in [0.05, 0.1) is 6.61 Å².